The van der Waals surface area contributed by atoms with Crippen LogP contribution in [0.2, 0.25) is 0 Å². The Labute approximate surface area is 186 Å². The fraction of sp³-hybridized carbons (Fsp3) is 0.391. The molecule has 1 fully saturated rings. The van der Waals surface area contributed by atoms with Gasteiger partial charge in [0.05, 0.1) is 12.1 Å². The maximum Gasteiger partial charge on any atom is 0.254 e. The molecule has 2 heterocycles. The Morgan fingerprint density at radius 1 is 1.25 bits per heavy atom. The Balaban J connectivity index is 1.43. The molecule has 32 heavy (non-hydrogen) atoms. The molecule has 2 aromatic heterocycles. The van der Waals surface area contributed by atoms with Gasteiger partial charge in [-0.3, -0.25) is 14.9 Å². The van der Waals surface area contributed by atoms with Gasteiger partial charge >= 0.3 is 0 Å². The third-order valence-corrected chi connectivity index (χ3v) is 5.81. The smallest absolute Gasteiger partial charge is 0.254 e. The fourth-order valence-electron chi connectivity index (χ4n) is 3.72. The number of nitrogens with two attached hydrogens (primary N) is 2. The highest BCUT2D eigenvalue weighted by Gasteiger charge is 2.38. The van der Waals surface area contributed by atoms with Crippen LogP contribution in [-0.4, -0.2) is 26.8 Å². The number of benzene rings is 1. The molecule has 9 heteroatoms. The predicted molar refractivity (Wildman–Crippen MR) is 121 cm³/mol. The predicted octanol–water partition coefficient (Wildman–Crippen LogP) is 3.32. The number of nitrogens with zero attached hydrogens (tertiary/aromatic N) is 3. The lowest BCUT2D eigenvalue weighted by atomic mass is 10.0. The first-order valence-corrected chi connectivity index (χ1v) is 10.7. The lowest BCUT2D eigenvalue weighted by molar-refractivity contribution is -0.115. The van der Waals surface area contributed by atoms with Crippen LogP contribution in [0.1, 0.15) is 61.3 Å². The van der Waals surface area contributed by atoms with Crippen LogP contribution in [0, 0.1) is 5.41 Å². The van der Waals surface area contributed by atoms with Gasteiger partial charge in [-0.2, -0.15) is 5.10 Å². The third kappa shape index (κ3) is 4.51. The average molecular weight is 437 g/mol. The second-order valence-electron chi connectivity index (χ2n) is 9.10. The van der Waals surface area contributed by atoms with Gasteiger partial charge in [0, 0.05) is 17.7 Å². The molecule has 1 saturated carbocycles. The first-order chi connectivity index (χ1) is 15.1. The number of anilines is 2. The lowest BCUT2D eigenvalue weighted by Crippen LogP contribution is -2.15. The van der Waals surface area contributed by atoms with Gasteiger partial charge in [0.2, 0.25) is 11.8 Å². The van der Waals surface area contributed by atoms with Gasteiger partial charge in [-0.05, 0) is 44.1 Å². The van der Waals surface area contributed by atoms with Gasteiger partial charge in [-0.25, -0.2) is 4.68 Å². The summed E-state index contributed by atoms with van der Waals surface area (Å²) in [6, 6.07) is 8.97. The highest BCUT2D eigenvalue weighted by molar-refractivity contribution is 6.03. The van der Waals surface area contributed by atoms with E-state index in [1.165, 1.54) is 12.8 Å². The van der Waals surface area contributed by atoms with Crippen LogP contribution in [-0.2, 0) is 17.6 Å². The zero-order chi connectivity index (χ0) is 23.0. The van der Waals surface area contributed by atoms with E-state index in [0.717, 1.165) is 17.7 Å². The molecular weight excluding hydrogens is 408 g/mol. The van der Waals surface area contributed by atoms with Crippen molar-refractivity contribution in [1.82, 2.24) is 14.9 Å². The molecule has 1 aromatic carbocycles. The Kier molecular flexibility index (Phi) is 5.50. The number of nitrogens with one attached hydrogen (secondary N) is 1. The van der Waals surface area contributed by atoms with E-state index in [-0.39, 0.29) is 29.8 Å². The van der Waals surface area contributed by atoms with Gasteiger partial charge in [0.15, 0.2) is 0 Å². The summed E-state index contributed by atoms with van der Waals surface area (Å²) in [4.78, 5) is 24.4. The highest BCUT2D eigenvalue weighted by atomic mass is 16.5. The van der Waals surface area contributed by atoms with Crippen molar-refractivity contribution in [3.8, 4) is 11.3 Å². The van der Waals surface area contributed by atoms with E-state index in [4.69, 9.17) is 16.0 Å². The molecule has 0 unspecified atom stereocenters. The number of rotatable bonds is 8. The molecule has 1 aliphatic carbocycles. The fourth-order valence-corrected chi connectivity index (χ4v) is 3.72. The average Bonchev–Trinajstić information content (AvgIpc) is 3.12. The number of carbonyl (C=O) groups is 2. The van der Waals surface area contributed by atoms with Gasteiger partial charge in [0.25, 0.3) is 5.91 Å². The summed E-state index contributed by atoms with van der Waals surface area (Å²) >= 11 is 0. The molecule has 0 bridgehead atoms. The van der Waals surface area contributed by atoms with E-state index in [1.807, 2.05) is 26.0 Å². The lowest BCUT2D eigenvalue weighted by Gasteiger charge is -2.07. The van der Waals surface area contributed by atoms with Crippen LogP contribution in [0.15, 0.2) is 34.9 Å². The highest BCUT2D eigenvalue weighted by Crippen LogP contribution is 2.47. The Hall–Kier alpha value is -3.62. The van der Waals surface area contributed by atoms with Gasteiger partial charge < -0.3 is 16.0 Å². The molecule has 3 aromatic rings. The van der Waals surface area contributed by atoms with Crippen LogP contribution in [0.25, 0.3) is 11.3 Å². The molecule has 0 atom stereocenters. The van der Waals surface area contributed by atoms with Crippen LogP contribution in [0.3, 0.4) is 0 Å². The molecule has 0 aliphatic heterocycles. The van der Waals surface area contributed by atoms with E-state index in [1.54, 1.807) is 22.9 Å². The molecule has 168 valence electrons. The molecular formula is C23H28N6O3. The second-order valence-corrected chi connectivity index (χ2v) is 9.10. The molecule has 0 saturated heterocycles. The number of hydrogen-bond donors (Lipinski definition) is 3. The molecule has 2 amide bonds. The third-order valence-electron chi connectivity index (χ3n) is 5.81. The van der Waals surface area contributed by atoms with Crippen molar-refractivity contribution in [1.29, 1.82) is 0 Å². The topological polar surface area (TPSA) is 142 Å². The Morgan fingerprint density at radius 2 is 1.94 bits per heavy atom. The first-order valence-electron chi connectivity index (χ1n) is 10.7. The van der Waals surface area contributed by atoms with E-state index >= 15 is 0 Å². The summed E-state index contributed by atoms with van der Waals surface area (Å²) < 4.78 is 6.82. The number of carbonyl (C=O) groups excluding carboxylic acids is 2. The second kappa shape index (κ2) is 8.14. The summed E-state index contributed by atoms with van der Waals surface area (Å²) in [7, 11) is 0. The normalized spacial score (nSPS) is 14.5. The van der Waals surface area contributed by atoms with Crippen molar-refractivity contribution >= 4 is 23.5 Å². The zero-order valence-corrected chi connectivity index (χ0v) is 18.5. The zero-order valence-electron chi connectivity index (χ0n) is 18.5. The summed E-state index contributed by atoms with van der Waals surface area (Å²) in [6.07, 6.45) is 3.42. The maximum absolute atomic E-state index is 12.4. The summed E-state index contributed by atoms with van der Waals surface area (Å²) in [6.45, 7) is 6.06. The van der Waals surface area contributed by atoms with Gasteiger partial charge in [0.1, 0.15) is 17.1 Å². The van der Waals surface area contributed by atoms with Crippen LogP contribution in [0.4, 0.5) is 11.7 Å². The minimum Gasteiger partial charge on any atom is -0.383 e. The van der Waals surface area contributed by atoms with E-state index in [2.05, 4.69) is 22.5 Å². The van der Waals surface area contributed by atoms with Crippen molar-refractivity contribution in [2.24, 2.45) is 11.1 Å². The summed E-state index contributed by atoms with van der Waals surface area (Å²) in [5.74, 6) is -0.237. The minimum absolute atomic E-state index is 0.0199. The largest absolute Gasteiger partial charge is 0.383 e. The molecule has 0 spiro atoms. The monoisotopic (exact) mass is 436 g/mol. The number of primary amides is 1. The summed E-state index contributed by atoms with van der Waals surface area (Å²) in [5.41, 5.74) is 14.9. The number of amides is 2. The number of hydrogen-bond acceptors (Lipinski definition) is 6. The van der Waals surface area contributed by atoms with Crippen molar-refractivity contribution in [3.63, 3.8) is 0 Å². The molecule has 5 N–H and O–H groups in total. The standard InChI is InChI=1S/C23H28N6O3/c1-13(2)29-21(24)19(22(25)31)20(27-29)15-6-4-14(5-7-15)10-17(30)26-18-11-16(28-32-18)12-23(3)8-9-23/h4-7,11,13H,8-10,12,24H2,1-3H3,(H2,25,31)(H,26,30). The molecule has 4 rings (SSSR count). The summed E-state index contributed by atoms with van der Waals surface area (Å²) in [5, 5.41) is 11.3. The van der Waals surface area contributed by atoms with E-state index in [9.17, 15) is 9.59 Å². The van der Waals surface area contributed by atoms with Crippen molar-refractivity contribution in [2.45, 2.75) is 52.5 Å². The SMILES string of the molecule is CC(C)n1nc(-c2ccc(CC(=O)Nc3cc(CC4(C)CC4)no3)cc2)c(C(N)=O)c1N. The first kappa shape index (κ1) is 21.6. The maximum atomic E-state index is 12.4. The molecule has 9 nitrogen and oxygen atoms in total. The van der Waals surface area contributed by atoms with Crippen molar-refractivity contribution < 1.29 is 14.1 Å². The van der Waals surface area contributed by atoms with Gasteiger partial charge in [-0.15, -0.1) is 0 Å². The van der Waals surface area contributed by atoms with Crippen molar-refractivity contribution in [2.75, 3.05) is 11.1 Å². The quantitative estimate of drug-likeness (QED) is 0.494. The van der Waals surface area contributed by atoms with Crippen LogP contribution in [0.5, 0.6) is 0 Å². The Morgan fingerprint density at radius 3 is 2.53 bits per heavy atom. The van der Waals surface area contributed by atoms with Crippen LogP contribution < -0.4 is 16.8 Å². The Bertz CT molecular complexity index is 1160. The molecule has 1 aliphatic rings. The van der Waals surface area contributed by atoms with Crippen LogP contribution >= 0.6 is 0 Å². The molecule has 0 radical (unpaired) electrons. The number of aromatic nitrogens is 3. The van der Waals surface area contributed by atoms with Crippen molar-refractivity contribution in [3.05, 3.63) is 47.2 Å². The van der Waals surface area contributed by atoms with Gasteiger partial charge in [-0.1, -0.05) is 36.3 Å². The van der Waals surface area contributed by atoms with E-state index in [0.29, 0.717) is 22.6 Å². The van der Waals surface area contributed by atoms with E-state index < -0.39 is 5.91 Å². The minimum atomic E-state index is -0.630. The number of nitrogen functional groups attached to an aromatic ring is 1.